The van der Waals surface area contributed by atoms with Crippen molar-refractivity contribution < 1.29 is 9.84 Å². The number of aliphatic hydroxyl groups excluding tert-OH is 1. The molecule has 0 saturated heterocycles. The van der Waals surface area contributed by atoms with Gasteiger partial charge in [0.25, 0.3) is 0 Å². The maximum atomic E-state index is 10.3. The van der Waals surface area contributed by atoms with Crippen LogP contribution in [0.2, 0.25) is 0 Å². The summed E-state index contributed by atoms with van der Waals surface area (Å²) in [5.41, 5.74) is 3.09. The molecule has 0 fully saturated rings. The molecule has 19 heavy (non-hydrogen) atoms. The Morgan fingerprint density at radius 2 is 1.95 bits per heavy atom. The first-order valence-electron chi connectivity index (χ1n) is 6.99. The van der Waals surface area contributed by atoms with E-state index in [9.17, 15) is 5.11 Å². The second kappa shape index (κ2) is 7.51. The molecule has 1 aromatic carbocycles. The fourth-order valence-corrected chi connectivity index (χ4v) is 2.25. The zero-order chi connectivity index (χ0) is 14.4. The van der Waals surface area contributed by atoms with Gasteiger partial charge in [0.05, 0.1) is 13.2 Å². The van der Waals surface area contributed by atoms with Gasteiger partial charge in [-0.1, -0.05) is 25.5 Å². The van der Waals surface area contributed by atoms with Crippen LogP contribution in [-0.4, -0.2) is 25.3 Å². The summed E-state index contributed by atoms with van der Waals surface area (Å²) >= 11 is 0. The number of ether oxygens (including phenoxy) is 1. The highest BCUT2D eigenvalue weighted by molar-refractivity contribution is 5.45. The van der Waals surface area contributed by atoms with E-state index in [1.54, 1.807) is 7.11 Å². The SMILES string of the molecule is COc1c(C)cc(C)cc1C(O)CNCCC(C)C. The van der Waals surface area contributed by atoms with Crippen molar-refractivity contribution in [3.05, 3.63) is 28.8 Å². The van der Waals surface area contributed by atoms with E-state index < -0.39 is 6.10 Å². The van der Waals surface area contributed by atoms with Gasteiger partial charge in [0.2, 0.25) is 0 Å². The molecule has 0 amide bonds. The molecule has 1 aromatic rings. The van der Waals surface area contributed by atoms with Crippen molar-refractivity contribution in [3.63, 3.8) is 0 Å². The van der Waals surface area contributed by atoms with Gasteiger partial charge in [-0.3, -0.25) is 0 Å². The van der Waals surface area contributed by atoms with Crippen LogP contribution in [0.3, 0.4) is 0 Å². The van der Waals surface area contributed by atoms with Crippen molar-refractivity contribution in [1.82, 2.24) is 5.32 Å². The lowest BCUT2D eigenvalue weighted by atomic mass is 10.0. The molecule has 0 saturated carbocycles. The van der Waals surface area contributed by atoms with Crippen LogP contribution in [0.4, 0.5) is 0 Å². The van der Waals surface area contributed by atoms with E-state index in [2.05, 4.69) is 25.2 Å². The van der Waals surface area contributed by atoms with E-state index in [-0.39, 0.29) is 0 Å². The monoisotopic (exact) mass is 265 g/mol. The largest absolute Gasteiger partial charge is 0.496 e. The van der Waals surface area contributed by atoms with Crippen LogP contribution in [0.15, 0.2) is 12.1 Å². The molecule has 3 nitrogen and oxygen atoms in total. The average molecular weight is 265 g/mol. The van der Waals surface area contributed by atoms with E-state index in [4.69, 9.17) is 4.74 Å². The molecule has 0 aliphatic rings. The maximum absolute atomic E-state index is 10.3. The second-order valence-corrected chi connectivity index (χ2v) is 5.61. The molecule has 0 spiro atoms. The number of aryl methyl sites for hydroxylation is 2. The number of benzene rings is 1. The molecule has 0 aromatic heterocycles. The molecule has 0 heterocycles. The molecule has 1 unspecified atom stereocenters. The smallest absolute Gasteiger partial charge is 0.127 e. The first-order valence-corrected chi connectivity index (χ1v) is 6.99. The third-order valence-corrected chi connectivity index (χ3v) is 3.25. The Balaban J connectivity index is 2.68. The minimum absolute atomic E-state index is 0.527. The number of methoxy groups -OCH3 is 1. The quantitative estimate of drug-likeness (QED) is 0.745. The Labute approximate surface area is 117 Å². The highest BCUT2D eigenvalue weighted by Crippen LogP contribution is 2.29. The number of nitrogens with one attached hydrogen (secondary N) is 1. The Hall–Kier alpha value is -1.06. The highest BCUT2D eigenvalue weighted by atomic mass is 16.5. The van der Waals surface area contributed by atoms with Crippen LogP contribution in [0.5, 0.6) is 5.75 Å². The summed E-state index contributed by atoms with van der Waals surface area (Å²) in [6.07, 6.45) is 0.595. The molecule has 108 valence electrons. The predicted octanol–water partition coefficient (Wildman–Crippen LogP) is 2.98. The summed E-state index contributed by atoms with van der Waals surface area (Å²) in [6.45, 7) is 9.94. The van der Waals surface area contributed by atoms with Crippen LogP contribution in [0, 0.1) is 19.8 Å². The van der Waals surface area contributed by atoms with Crippen molar-refractivity contribution in [1.29, 1.82) is 0 Å². The summed E-state index contributed by atoms with van der Waals surface area (Å²) in [4.78, 5) is 0. The van der Waals surface area contributed by atoms with Crippen molar-refractivity contribution in [2.24, 2.45) is 5.92 Å². The summed E-state index contributed by atoms with van der Waals surface area (Å²) in [6, 6.07) is 4.07. The van der Waals surface area contributed by atoms with Crippen molar-refractivity contribution >= 4 is 0 Å². The summed E-state index contributed by atoms with van der Waals surface area (Å²) in [7, 11) is 1.65. The van der Waals surface area contributed by atoms with Crippen LogP contribution in [0.25, 0.3) is 0 Å². The molecule has 2 N–H and O–H groups in total. The van der Waals surface area contributed by atoms with Crippen molar-refractivity contribution in [2.45, 2.75) is 40.2 Å². The topological polar surface area (TPSA) is 41.5 Å². The van der Waals surface area contributed by atoms with E-state index in [0.29, 0.717) is 12.5 Å². The van der Waals surface area contributed by atoms with Crippen LogP contribution in [0.1, 0.15) is 43.1 Å². The Morgan fingerprint density at radius 3 is 2.53 bits per heavy atom. The van der Waals surface area contributed by atoms with E-state index >= 15 is 0 Å². The fourth-order valence-electron chi connectivity index (χ4n) is 2.25. The third-order valence-electron chi connectivity index (χ3n) is 3.25. The lowest BCUT2D eigenvalue weighted by molar-refractivity contribution is 0.170. The standard InChI is InChI=1S/C16H27NO2/c1-11(2)6-7-17-10-15(18)14-9-12(3)8-13(4)16(14)19-5/h8-9,11,15,17-18H,6-7,10H2,1-5H3. The van der Waals surface area contributed by atoms with Crippen LogP contribution >= 0.6 is 0 Å². The predicted molar refractivity (Wildman–Crippen MR) is 79.8 cm³/mol. The van der Waals surface area contributed by atoms with E-state index in [1.807, 2.05) is 19.9 Å². The Kier molecular flexibility index (Phi) is 6.32. The van der Waals surface area contributed by atoms with Gasteiger partial charge in [0.1, 0.15) is 5.75 Å². The second-order valence-electron chi connectivity index (χ2n) is 5.61. The minimum atomic E-state index is -0.527. The van der Waals surface area contributed by atoms with E-state index in [0.717, 1.165) is 35.4 Å². The first-order chi connectivity index (χ1) is 8.95. The lowest BCUT2D eigenvalue weighted by Crippen LogP contribution is -2.23. The number of hydrogen-bond donors (Lipinski definition) is 2. The summed E-state index contributed by atoms with van der Waals surface area (Å²) in [5, 5.41) is 13.6. The molecule has 3 heteroatoms. The van der Waals surface area contributed by atoms with Gasteiger partial charge < -0.3 is 15.2 Å². The van der Waals surface area contributed by atoms with E-state index in [1.165, 1.54) is 0 Å². The van der Waals surface area contributed by atoms with Gasteiger partial charge >= 0.3 is 0 Å². The van der Waals surface area contributed by atoms with Gasteiger partial charge in [-0.25, -0.2) is 0 Å². The summed E-state index contributed by atoms with van der Waals surface area (Å²) < 4.78 is 5.41. The lowest BCUT2D eigenvalue weighted by Gasteiger charge is -2.18. The van der Waals surface area contributed by atoms with Crippen LogP contribution in [-0.2, 0) is 0 Å². The molecule has 0 radical (unpaired) electrons. The molecule has 0 aliphatic heterocycles. The first kappa shape index (κ1) is 16.0. The third kappa shape index (κ3) is 4.84. The number of rotatable bonds is 7. The molecular weight excluding hydrogens is 238 g/mol. The molecule has 1 atom stereocenters. The van der Waals surface area contributed by atoms with Gasteiger partial charge in [-0.05, 0) is 44.4 Å². The summed E-state index contributed by atoms with van der Waals surface area (Å²) in [5.74, 6) is 1.48. The van der Waals surface area contributed by atoms with Crippen LogP contribution < -0.4 is 10.1 Å². The molecular formula is C16H27NO2. The molecule has 0 bridgehead atoms. The Morgan fingerprint density at radius 1 is 1.26 bits per heavy atom. The van der Waals surface area contributed by atoms with Gasteiger partial charge in [-0.2, -0.15) is 0 Å². The maximum Gasteiger partial charge on any atom is 0.127 e. The van der Waals surface area contributed by atoms with Crippen molar-refractivity contribution in [2.75, 3.05) is 20.2 Å². The Bertz CT molecular complexity index is 402. The average Bonchev–Trinajstić information content (AvgIpc) is 2.33. The zero-order valence-corrected chi connectivity index (χ0v) is 12.8. The molecule has 1 rings (SSSR count). The fraction of sp³-hybridized carbons (Fsp3) is 0.625. The highest BCUT2D eigenvalue weighted by Gasteiger charge is 2.15. The molecule has 0 aliphatic carbocycles. The van der Waals surface area contributed by atoms with Gasteiger partial charge in [0.15, 0.2) is 0 Å². The number of hydrogen-bond acceptors (Lipinski definition) is 3. The minimum Gasteiger partial charge on any atom is -0.496 e. The van der Waals surface area contributed by atoms with Gasteiger partial charge in [0, 0.05) is 12.1 Å². The van der Waals surface area contributed by atoms with Gasteiger partial charge in [-0.15, -0.1) is 0 Å². The van der Waals surface area contributed by atoms with Crippen molar-refractivity contribution in [3.8, 4) is 5.75 Å². The number of aliphatic hydroxyl groups is 1. The normalized spacial score (nSPS) is 12.8. The zero-order valence-electron chi connectivity index (χ0n) is 12.8.